The minimum Gasteiger partial charge on any atom is -0.316 e. The van der Waals surface area contributed by atoms with Gasteiger partial charge in [0, 0.05) is 13.1 Å². The fourth-order valence-corrected chi connectivity index (χ4v) is 2.36. The van der Waals surface area contributed by atoms with Crippen LogP contribution in [0.4, 0.5) is 0 Å². The van der Waals surface area contributed by atoms with Crippen molar-refractivity contribution >= 4 is 0 Å². The van der Waals surface area contributed by atoms with E-state index in [0.29, 0.717) is 0 Å². The molecule has 0 radical (unpaired) electrons. The molecule has 2 atom stereocenters. The van der Waals surface area contributed by atoms with Gasteiger partial charge in [0.05, 0.1) is 0 Å². The molecule has 2 aliphatic heterocycles. The number of hydrogen-bond acceptors (Lipinski definition) is 2. The van der Waals surface area contributed by atoms with Crippen molar-refractivity contribution in [2.45, 2.75) is 6.42 Å². The van der Waals surface area contributed by atoms with Gasteiger partial charge >= 0.3 is 0 Å². The Morgan fingerprint density at radius 2 is 1.80 bits per heavy atom. The van der Waals surface area contributed by atoms with E-state index >= 15 is 0 Å². The lowest BCUT2D eigenvalue weighted by Crippen LogP contribution is -2.49. The lowest BCUT2D eigenvalue weighted by Gasteiger charge is -2.39. The van der Waals surface area contributed by atoms with E-state index in [-0.39, 0.29) is 0 Å². The molecule has 0 saturated carbocycles. The van der Waals surface area contributed by atoms with Crippen LogP contribution in [0, 0.1) is 11.8 Å². The summed E-state index contributed by atoms with van der Waals surface area (Å²) in [7, 11) is 2.24. The van der Waals surface area contributed by atoms with Crippen LogP contribution in [0.25, 0.3) is 0 Å². The lowest BCUT2D eigenvalue weighted by atomic mass is 9.86. The van der Waals surface area contributed by atoms with Crippen molar-refractivity contribution in [2.75, 3.05) is 33.2 Å². The molecule has 2 saturated heterocycles. The largest absolute Gasteiger partial charge is 0.316 e. The quantitative estimate of drug-likeness (QED) is 0.515. The molecule has 0 aromatic carbocycles. The summed E-state index contributed by atoms with van der Waals surface area (Å²) in [5.41, 5.74) is 0. The zero-order chi connectivity index (χ0) is 6.97. The van der Waals surface area contributed by atoms with Gasteiger partial charge in [0.2, 0.25) is 0 Å². The fourth-order valence-electron chi connectivity index (χ4n) is 2.36. The fraction of sp³-hybridized carbons (Fsp3) is 1.00. The lowest BCUT2D eigenvalue weighted by molar-refractivity contribution is 0.119. The zero-order valence-electron chi connectivity index (χ0n) is 6.64. The summed E-state index contributed by atoms with van der Waals surface area (Å²) in [6.45, 7) is 5.12. The second-order valence-electron chi connectivity index (χ2n) is 3.85. The zero-order valence-corrected chi connectivity index (χ0v) is 6.64. The molecule has 0 unspecified atom stereocenters. The molecule has 2 heteroatoms. The van der Waals surface area contributed by atoms with Crippen LogP contribution < -0.4 is 5.32 Å². The molecular weight excluding hydrogens is 124 g/mol. The van der Waals surface area contributed by atoms with Crippen molar-refractivity contribution in [1.29, 1.82) is 0 Å². The molecule has 2 aliphatic rings. The number of fused-ring (bicyclic) bond motifs is 2. The second-order valence-corrected chi connectivity index (χ2v) is 3.85. The molecule has 0 spiro atoms. The summed E-state index contributed by atoms with van der Waals surface area (Å²) in [6, 6.07) is 0. The Hall–Kier alpha value is -0.0800. The first kappa shape index (κ1) is 6.62. The molecule has 2 nitrogen and oxygen atoms in total. The number of likely N-dealkylation sites (tertiary alicyclic amines) is 1. The van der Waals surface area contributed by atoms with Gasteiger partial charge in [-0.2, -0.15) is 0 Å². The minimum atomic E-state index is 0.942. The maximum absolute atomic E-state index is 3.48. The van der Waals surface area contributed by atoms with Crippen LogP contribution in [0.1, 0.15) is 6.42 Å². The van der Waals surface area contributed by atoms with Gasteiger partial charge in [-0.3, -0.25) is 0 Å². The Kier molecular flexibility index (Phi) is 1.66. The molecule has 1 N–H and O–H groups in total. The normalized spacial score (nSPS) is 41.7. The van der Waals surface area contributed by atoms with E-state index < -0.39 is 0 Å². The second kappa shape index (κ2) is 2.51. The van der Waals surface area contributed by atoms with Gasteiger partial charge in [0.1, 0.15) is 0 Å². The van der Waals surface area contributed by atoms with E-state index in [4.69, 9.17) is 0 Å². The van der Waals surface area contributed by atoms with E-state index in [2.05, 4.69) is 17.3 Å². The maximum atomic E-state index is 3.48. The average molecular weight is 140 g/mol. The molecule has 0 aromatic rings. The van der Waals surface area contributed by atoms with E-state index in [0.717, 1.165) is 11.8 Å². The highest BCUT2D eigenvalue weighted by Crippen LogP contribution is 2.22. The van der Waals surface area contributed by atoms with Crippen molar-refractivity contribution in [3.8, 4) is 0 Å². The van der Waals surface area contributed by atoms with E-state index in [1.807, 2.05) is 0 Å². The van der Waals surface area contributed by atoms with Crippen molar-refractivity contribution in [3.63, 3.8) is 0 Å². The summed E-state index contributed by atoms with van der Waals surface area (Å²) < 4.78 is 0. The van der Waals surface area contributed by atoms with Gasteiger partial charge in [-0.15, -0.1) is 0 Å². The van der Waals surface area contributed by atoms with Crippen LogP contribution in [-0.4, -0.2) is 38.1 Å². The summed E-state index contributed by atoms with van der Waals surface area (Å²) in [5.74, 6) is 1.88. The molecule has 2 bridgehead atoms. The molecule has 58 valence electrons. The molecule has 2 fully saturated rings. The number of hydrogen-bond donors (Lipinski definition) is 1. The predicted octanol–water partition coefficient (Wildman–Crippen LogP) is 0.157. The van der Waals surface area contributed by atoms with Gasteiger partial charge in [0.25, 0.3) is 0 Å². The van der Waals surface area contributed by atoms with Crippen molar-refractivity contribution in [1.82, 2.24) is 10.2 Å². The average Bonchev–Trinajstić information content (AvgIpc) is 1.85. The monoisotopic (exact) mass is 140 g/mol. The first-order valence-corrected chi connectivity index (χ1v) is 4.24. The smallest absolute Gasteiger partial charge is 0.00190 e. The van der Waals surface area contributed by atoms with Gasteiger partial charge in [-0.05, 0) is 38.4 Å². The first-order valence-electron chi connectivity index (χ1n) is 4.24. The highest BCUT2D eigenvalue weighted by Gasteiger charge is 2.28. The van der Waals surface area contributed by atoms with Crippen molar-refractivity contribution < 1.29 is 0 Å². The summed E-state index contributed by atoms with van der Waals surface area (Å²) in [5, 5.41) is 3.48. The van der Waals surface area contributed by atoms with E-state index in [1.165, 1.54) is 32.6 Å². The Bertz CT molecular complexity index is 108. The standard InChI is InChI=1S/C8H16N2/c1-10-5-7-2-8(6-10)4-9-3-7/h7-9H,2-6H2,1H3/t7-,8-/m1/s1. The van der Waals surface area contributed by atoms with Crippen molar-refractivity contribution in [2.24, 2.45) is 11.8 Å². The maximum Gasteiger partial charge on any atom is 0.00190 e. The van der Waals surface area contributed by atoms with Gasteiger partial charge in [-0.1, -0.05) is 0 Å². The van der Waals surface area contributed by atoms with Gasteiger partial charge in [-0.25, -0.2) is 0 Å². The van der Waals surface area contributed by atoms with Crippen LogP contribution in [-0.2, 0) is 0 Å². The molecular formula is C8H16N2. The number of rotatable bonds is 0. The molecule has 10 heavy (non-hydrogen) atoms. The van der Waals surface area contributed by atoms with E-state index in [9.17, 15) is 0 Å². The third-order valence-corrected chi connectivity index (χ3v) is 2.67. The number of nitrogens with zero attached hydrogens (tertiary/aromatic N) is 1. The summed E-state index contributed by atoms with van der Waals surface area (Å²) >= 11 is 0. The summed E-state index contributed by atoms with van der Waals surface area (Å²) in [6.07, 6.45) is 1.47. The molecule has 2 heterocycles. The predicted molar refractivity (Wildman–Crippen MR) is 42.0 cm³/mol. The number of piperidine rings is 2. The first-order chi connectivity index (χ1) is 4.84. The highest BCUT2D eigenvalue weighted by atomic mass is 15.1. The Balaban J connectivity index is 1.98. The van der Waals surface area contributed by atoms with Crippen LogP contribution in [0.3, 0.4) is 0 Å². The van der Waals surface area contributed by atoms with Gasteiger partial charge < -0.3 is 10.2 Å². The highest BCUT2D eigenvalue weighted by molar-refractivity contribution is 4.84. The topological polar surface area (TPSA) is 15.3 Å². The van der Waals surface area contributed by atoms with Crippen LogP contribution in [0.2, 0.25) is 0 Å². The molecule has 0 aliphatic carbocycles. The van der Waals surface area contributed by atoms with Crippen LogP contribution in [0.5, 0.6) is 0 Å². The molecule has 0 amide bonds. The third-order valence-electron chi connectivity index (χ3n) is 2.67. The molecule has 2 rings (SSSR count). The van der Waals surface area contributed by atoms with Crippen molar-refractivity contribution in [3.05, 3.63) is 0 Å². The summed E-state index contributed by atoms with van der Waals surface area (Å²) in [4.78, 5) is 2.47. The SMILES string of the molecule is CN1C[C@H]2CNC[C@@H](C2)C1. The Morgan fingerprint density at radius 3 is 2.40 bits per heavy atom. The minimum absolute atomic E-state index is 0.942. The van der Waals surface area contributed by atoms with Crippen LogP contribution >= 0.6 is 0 Å². The third kappa shape index (κ3) is 1.18. The van der Waals surface area contributed by atoms with Gasteiger partial charge in [0.15, 0.2) is 0 Å². The Labute approximate surface area is 62.6 Å². The number of nitrogens with one attached hydrogen (secondary N) is 1. The Morgan fingerprint density at radius 1 is 1.20 bits per heavy atom. The molecule has 0 aromatic heterocycles. The van der Waals surface area contributed by atoms with E-state index in [1.54, 1.807) is 0 Å². The van der Waals surface area contributed by atoms with Crippen LogP contribution in [0.15, 0.2) is 0 Å².